The highest BCUT2D eigenvalue weighted by Crippen LogP contribution is 2.26. The summed E-state index contributed by atoms with van der Waals surface area (Å²) in [5.74, 6) is 0.208. The Labute approximate surface area is 151 Å². The van der Waals surface area contributed by atoms with Gasteiger partial charge in [-0.3, -0.25) is 0 Å². The summed E-state index contributed by atoms with van der Waals surface area (Å²) in [7, 11) is -3.65. The van der Waals surface area contributed by atoms with E-state index in [4.69, 9.17) is 11.6 Å². The van der Waals surface area contributed by atoms with E-state index >= 15 is 0 Å². The molecule has 0 N–H and O–H groups in total. The molecule has 0 aliphatic heterocycles. The van der Waals surface area contributed by atoms with Crippen LogP contribution in [0.15, 0.2) is 57.9 Å². The Morgan fingerprint density at radius 2 is 1.83 bits per heavy atom. The third-order valence-electron chi connectivity index (χ3n) is 3.27. The van der Waals surface area contributed by atoms with Crippen molar-refractivity contribution in [1.29, 1.82) is 0 Å². The van der Waals surface area contributed by atoms with E-state index in [0.717, 1.165) is 10.0 Å². The number of hydrogen-bond acceptors (Lipinski definition) is 2. The smallest absolute Gasteiger partial charge is 0.207 e. The molecule has 3 nitrogen and oxygen atoms in total. The van der Waals surface area contributed by atoms with Crippen LogP contribution in [0.25, 0.3) is 0 Å². The summed E-state index contributed by atoms with van der Waals surface area (Å²) < 4.78 is 28.4. The maximum absolute atomic E-state index is 13.0. The monoisotopic (exact) mass is 415 g/mol. The van der Waals surface area contributed by atoms with Crippen LogP contribution in [0.5, 0.6) is 0 Å². The van der Waals surface area contributed by atoms with Gasteiger partial charge in [0, 0.05) is 17.6 Å². The van der Waals surface area contributed by atoms with Crippen molar-refractivity contribution in [3.8, 4) is 0 Å². The molecule has 124 valence electrons. The molecule has 2 aromatic carbocycles. The fourth-order valence-corrected chi connectivity index (χ4v) is 4.82. The van der Waals surface area contributed by atoms with Crippen LogP contribution < -0.4 is 0 Å². The molecule has 0 heterocycles. The van der Waals surface area contributed by atoms with Crippen LogP contribution >= 0.6 is 27.5 Å². The molecule has 0 aromatic heterocycles. The average molecular weight is 417 g/mol. The summed E-state index contributed by atoms with van der Waals surface area (Å²) in [6.07, 6.45) is 0. The van der Waals surface area contributed by atoms with Crippen LogP contribution in [-0.2, 0) is 16.6 Å². The standard InChI is InChI=1S/C17H19BrClNO2S/c1-13(2)11-20(12-14-6-5-7-15(18)10-14)23(21,22)17-9-4-3-8-16(17)19/h3-10,13H,11-12H2,1-2H3. The van der Waals surface area contributed by atoms with Crippen molar-refractivity contribution in [2.75, 3.05) is 6.54 Å². The van der Waals surface area contributed by atoms with Gasteiger partial charge in [-0.1, -0.05) is 65.6 Å². The Kier molecular flexibility index (Phi) is 6.26. The number of halogens is 2. The molecule has 0 fully saturated rings. The number of hydrogen-bond donors (Lipinski definition) is 0. The Hall–Kier alpha value is -0.880. The fourth-order valence-electron chi connectivity index (χ4n) is 2.29. The maximum atomic E-state index is 13.0. The third-order valence-corrected chi connectivity index (χ3v) is 6.08. The minimum atomic E-state index is -3.65. The fraction of sp³-hybridized carbons (Fsp3) is 0.294. The van der Waals surface area contributed by atoms with Crippen LogP contribution in [-0.4, -0.2) is 19.3 Å². The Morgan fingerprint density at radius 3 is 2.43 bits per heavy atom. The lowest BCUT2D eigenvalue weighted by Gasteiger charge is -2.24. The van der Waals surface area contributed by atoms with Gasteiger partial charge >= 0.3 is 0 Å². The predicted molar refractivity (Wildman–Crippen MR) is 98.0 cm³/mol. The lowest BCUT2D eigenvalue weighted by Crippen LogP contribution is -2.34. The molecule has 0 bridgehead atoms. The van der Waals surface area contributed by atoms with E-state index in [1.165, 1.54) is 4.31 Å². The van der Waals surface area contributed by atoms with Gasteiger partial charge in [-0.25, -0.2) is 8.42 Å². The van der Waals surface area contributed by atoms with Gasteiger partial charge < -0.3 is 0 Å². The number of sulfonamides is 1. The van der Waals surface area contributed by atoms with Gasteiger partial charge in [-0.15, -0.1) is 0 Å². The van der Waals surface area contributed by atoms with Crippen molar-refractivity contribution in [3.05, 3.63) is 63.6 Å². The van der Waals surface area contributed by atoms with E-state index in [0.29, 0.717) is 13.1 Å². The van der Waals surface area contributed by atoms with E-state index in [2.05, 4.69) is 15.9 Å². The quantitative estimate of drug-likeness (QED) is 0.668. The molecule has 23 heavy (non-hydrogen) atoms. The van der Waals surface area contributed by atoms with Crippen LogP contribution in [0, 0.1) is 5.92 Å². The molecule has 2 aromatic rings. The second kappa shape index (κ2) is 7.79. The highest BCUT2D eigenvalue weighted by atomic mass is 79.9. The van der Waals surface area contributed by atoms with Gasteiger partial charge in [0.15, 0.2) is 0 Å². The Morgan fingerprint density at radius 1 is 1.13 bits per heavy atom. The predicted octanol–water partition coefficient (Wildman–Crippen LogP) is 4.95. The first kappa shape index (κ1) is 18.5. The minimum absolute atomic E-state index is 0.150. The van der Waals surface area contributed by atoms with Crippen molar-refractivity contribution < 1.29 is 8.42 Å². The molecule has 0 aliphatic carbocycles. The van der Waals surface area contributed by atoms with E-state index in [1.807, 2.05) is 38.1 Å². The van der Waals surface area contributed by atoms with Crippen molar-refractivity contribution in [1.82, 2.24) is 4.31 Å². The normalized spacial score (nSPS) is 12.1. The molecule has 0 amide bonds. The van der Waals surface area contributed by atoms with Crippen LogP contribution in [0.1, 0.15) is 19.4 Å². The second-order valence-electron chi connectivity index (χ2n) is 5.75. The zero-order valence-corrected chi connectivity index (χ0v) is 16.2. The molecule has 0 saturated heterocycles. The summed E-state index contributed by atoms with van der Waals surface area (Å²) in [6, 6.07) is 14.2. The zero-order chi connectivity index (χ0) is 17.0. The van der Waals surface area contributed by atoms with E-state index in [-0.39, 0.29) is 15.8 Å². The van der Waals surface area contributed by atoms with Crippen LogP contribution in [0.2, 0.25) is 5.02 Å². The number of nitrogens with zero attached hydrogens (tertiary/aromatic N) is 1. The van der Waals surface area contributed by atoms with E-state index in [9.17, 15) is 8.42 Å². The van der Waals surface area contributed by atoms with Gasteiger partial charge in [0.05, 0.1) is 5.02 Å². The molecule has 6 heteroatoms. The molecule has 2 rings (SSSR count). The molecule has 0 atom stereocenters. The summed E-state index contributed by atoms with van der Waals surface area (Å²) in [5, 5.41) is 0.246. The van der Waals surface area contributed by atoms with Gasteiger partial charge in [-0.05, 0) is 35.7 Å². The first-order valence-corrected chi connectivity index (χ1v) is 9.91. The average Bonchev–Trinajstić information content (AvgIpc) is 2.46. The SMILES string of the molecule is CC(C)CN(Cc1cccc(Br)c1)S(=O)(=O)c1ccccc1Cl. The first-order valence-electron chi connectivity index (χ1n) is 7.30. The van der Waals surface area contributed by atoms with Gasteiger partial charge in [-0.2, -0.15) is 4.31 Å². The molecular weight excluding hydrogens is 398 g/mol. The van der Waals surface area contributed by atoms with Crippen molar-refractivity contribution in [2.24, 2.45) is 5.92 Å². The highest BCUT2D eigenvalue weighted by molar-refractivity contribution is 9.10. The van der Waals surface area contributed by atoms with Crippen molar-refractivity contribution >= 4 is 37.6 Å². The number of rotatable bonds is 6. The van der Waals surface area contributed by atoms with Crippen molar-refractivity contribution in [3.63, 3.8) is 0 Å². The van der Waals surface area contributed by atoms with Gasteiger partial charge in [0.1, 0.15) is 4.90 Å². The zero-order valence-electron chi connectivity index (χ0n) is 13.0. The van der Waals surface area contributed by atoms with Crippen LogP contribution in [0.4, 0.5) is 0 Å². The lowest BCUT2D eigenvalue weighted by atomic mass is 10.2. The van der Waals surface area contributed by atoms with E-state index < -0.39 is 10.0 Å². The molecule has 0 aliphatic rings. The molecule has 0 radical (unpaired) electrons. The molecular formula is C17H19BrClNO2S. The maximum Gasteiger partial charge on any atom is 0.244 e. The Bertz CT molecular complexity index is 778. The lowest BCUT2D eigenvalue weighted by molar-refractivity contribution is 0.362. The van der Waals surface area contributed by atoms with Gasteiger partial charge in [0.25, 0.3) is 0 Å². The molecule has 0 spiro atoms. The summed E-state index contributed by atoms with van der Waals surface area (Å²) in [6.45, 7) is 4.73. The second-order valence-corrected chi connectivity index (χ2v) is 8.98. The summed E-state index contributed by atoms with van der Waals surface area (Å²) in [5.41, 5.74) is 0.927. The third kappa shape index (κ3) is 4.80. The highest BCUT2D eigenvalue weighted by Gasteiger charge is 2.27. The largest absolute Gasteiger partial charge is 0.244 e. The first-order chi connectivity index (χ1) is 10.8. The van der Waals surface area contributed by atoms with Crippen molar-refractivity contribution in [2.45, 2.75) is 25.3 Å². The Balaban J connectivity index is 2.40. The molecule has 0 unspecified atom stereocenters. The summed E-state index contributed by atoms with van der Waals surface area (Å²) >= 11 is 9.53. The minimum Gasteiger partial charge on any atom is -0.207 e. The topological polar surface area (TPSA) is 37.4 Å². The summed E-state index contributed by atoms with van der Waals surface area (Å²) in [4.78, 5) is 0.150. The van der Waals surface area contributed by atoms with Crippen LogP contribution in [0.3, 0.4) is 0 Å². The molecule has 0 saturated carbocycles. The van der Waals surface area contributed by atoms with Gasteiger partial charge in [0.2, 0.25) is 10.0 Å². The number of benzene rings is 2. The van der Waals surface area contributed by atoms with E-state index in [1.54, 1.807) is 24.3 Å².